The van der Waals surface area contributed by atoms with E-state index in [-0.39, 0.29) is 6.04 Å². The fraction of sp³-hybridized carbons (Fsp3) is 0.333. The topological polar surface area (TPSA) is 39.2 Å². The zero-order valence-electron chi connectivity index (χ0n) is 9.80. The molecule has 0 spiro atoms. The van der Waals surface area contributed by atoms with E-state index in [1.54, 1.807) is 12.5 Å². The van der Waals surface area contributed by atoms with Crippen molar-refractivity contribution in [1.29, 1.82) is 0 Å². The third kappa shape index (κ3) is 1.89. The third-order valence-electron chi connectivity index (χ3n) is 3.78. The van der Waals surface area contributed by atoms with Gasteiger partial charge in [0.05, 0.1) is 12.5 Å². The van der Waals surface area contributed by atoms with E-state index < -0.39 is 0 Å². The van der Waals surface area contributed by atoms with Crippen LogP contribution in [0, 0.1) is 0 Å². The molecule has 2 aromatic rings. The summed E-state index contributed by atoms with van der Waals surface area (Å²) in [7, 11) is 0. The van der Waals surface area contributed by atoms with Crippen LogP contribution in [0.3, 0.4) is 0 Å². The highest BCUT2D eigenvalue weighted by Crippen LogP contribution is 2.38. The van der Waals surface area contributed by atoms with Crippen molar-refractivity contribution >= 4 is 0 Å². The summed E-state index contributed by atoms with van der Waals surface area (Å²) in [4.78, 5) is 0. The van der Waals surface area contributed by atoms with Crippen molar-refractivity contribution in [2.45, 2.75) is 31.2 Å². The van der Waals surface area contributed by atoms with Gasteiger partial charge in [-0.1, -0.05) is 24.3 Å². The van der Waals surface area contributed by atoms with Gasteiger partial charge in [0.25, 0.3) is 0 Å². The molecule has 88 valence electrons. The van der Waals surface area contributed by atoms with Crippen molar-refractivity contribution in [1.82, 2.24) is 0 Å². The number of benzene rings is 1. The van der Waals surface area contributed by atoms with Gasteiger partial charge < -0.3 is 10.2 Å². The SMILES string of the molecule is NC(c1ccoc1)C1CCCc2ccccc21. The summed E-state index contributed by atoms with van der Waals surface area (Å²) >= 11 is 0. The highest BCUT2D eigenvalue weighted by molar-refractivity contribution is 5.35. The maximum absolute atomic E-state index is 6.37. The zero-order valence-corrected chi connectivity index (χ0v) is 9.80. The Morgan fingerprint density at radius 3 is 2.94 bits per heavy atom. The van der Waals surface area contributed by atoms with Gasteiger partial charge in [-0.2, -0.15) is 0 Å². The Kier molecular flexibility index (Phi) is 2.73. The summed E-state index contributed by atoms with van der Waals surface area (Å²) in [5, 5.41) is 0. The Labute approximate surface area is 101 Å². The molecule has 2 atom stereocenters. The molecule has 1 aliphatic rings. The van der Waals surface area contributed by atoms with Crippen molar-refractivity contribution in [2.75, 3.05) is 0 Å². The number of fused-ring (bicyclic) bond motifs is 1. The zero-order chi connectivity index (χ0) is 11.7. The summed E-state index contributed by atoms with van der Waals surface area (Å²) in [5.74, 6) is 0.428. The summed E-state index contributed by atoms with van der Waals surface area (Å²) in [5.41, 5.74) is 10.4. The van der Waals surface area contributed by atoms with Crippen LogP contribution in [0.15, 0.2) is 47.3 Å². The first-order chi connectivity index (χ1) is 8.36. The van der Waals surface area contributed by atoms with E-state index in [0.29, 0.717) is 5.92 Å². The molecule has 2 N–H and O–H groups in total. The van der Waals surface area contributed by atoms with Crippen molar-refractivity contribution in [3.8, 4) is 0 Å². The van der Waals surface area contributed by atoms with Gasteiger partial charge in [0.15, 0.2) is 0 Å². The minimum Gasteiger partial charge on any atom is -0.472 e. The Morgan fingerprint density at radius 2 is 2.12 bits per heavy atom. The molecule has 3 rings (SSSR count). The second-order valence-electron chi connectivity index (χ2n) is 4.78. The number of rotatable bonds is 2. The first kappa shape index (κ1) is 10.6. The van der Waals surface area contributed by atoms with Crippen LogP contribution >= 0.6 is 0 Å². The van der Waals surface area contributed by atoms with Crippen LogP contribution in [0.1, 0.15) is 41.5 Å². The monoisotopic (exact) mass is 227 g/mol. The molecule has 0 amide bonds. The lowest BCUT2D eigenvalue weighted by Gasteiger charge is -2.29. The van der Waals surface area contributed by atoms with Gasteiger partial charge in [0, 0.05) is 17.5 Å². The van der Waals surface area contributed by atoms with Crippen LogP contribution in [0.5, 0.6) is 0 Å². The average molecular weight is 227 g/mol. The average Bonchev–Trinajstić information content (AvgIpc) is 2.91. The van der Waals surface area contributed by atoms with E-state index in [1.165, 1.54) is 30.4 Å². The van der Waals surface area contributed by atoms with E-state index >= 15 is 0 Å². The van der Waals surface area contributed by atoms with Crippen LogP contribution in [0.2, 0.25) is 0 Å². The number of hydrogen-bond donors (Lipinski definition) is 1. The Morgan fingerprint density at radius 1 is 1.24 bits per heavy atom. The largest absolute Gasteiger partial charge is 0.472 e. The molecule has 2 heteroatoms. The molecule has 1 aliphatic carbocycles. The molecule has 0 aliphatic heterocycles. The molecule has 0 radical (unpaired) electrons. The van der Waals surface area contributed by atoms with Gasteiger partial charge >= 0.3 is 0 Å². The second kappa shape index (κ2) is 4.38. The van der Waals surface area contributed by atoms with Crippen molar-refractivity contribution in [2.24, 2.45) is 5.73 Å². The van der Waals surface area contributed by atoms with E-state index in [1.807, 2.05) is 6.07 Å². The minimum absolute atomic E-state index is 0.0511. The fourth-order valence-electron chi connectivity index (χ4n) is 2.86. The lowest BCUT2D eigenvalue weighted by Crippen LogP contribution is -2.23. The molecule has 17 heavy (non-hydrogen) atoms. The van der Waals surface area contributed by atoms with Crippen LogP contribution in [-0.4, -0.2) is 0 Å². The van der Waals surface area contributed by atoms with Crippen molar-refractivity contribution in [3.63, 3.8) is 0 Å². The smallest absolute Gasteiger partial charge is 0.0950 e. The molecule has 2 nitrogen and oxygen atoms in total. The first-order valence-electron chi connectivity index (χ1n) is 6.22. The lowest BCUT2D eigenvalue weighted by atomic mass is 9.77. The number of hydrogen-bond acceptors (Lipinski definition) is 2. The second-order valence-corrected chi connectivity index (χ2v) is 4.78. The molecular weight excluding hydrogens is 210 g/mol. The Bertz CT molecular complexity index is 489. The summed E-state index contributed by atoms with van der Waals surface area (Å²) < 4.78 is 5.13. The molecular formula is C15H17NO. The molecule has 1 heterocycles. The van der Waals surface area contributed by atoms with Crippen molar-refractivity contribution in [3.05, 3.63) is 59.5 Å². The predicted molar refractivity (Wildman–Crippen MR) is 67.8 cm³/mol. The van der Waals surface area contributed by atoms with E-state index in [9.17, 15) is 0 Å². The normalized spacial score (nSPS) is 20.9. The minimum atomic E-state index is 0.0511. The summed E-state index contributed by atoms with van der Waals surface area (Å²) in [6.45, 7) is 0. The summed E-state index contributed by atoms with van der Waals surface area (Å²) in [6.07, 6.45) is 7.05. The van der Waals surface area contributed by atoms with Crippen LogP contribution in [-0.2, 0) is 6.42 Å². The molecule has 1 aromatic carbocycles. The quantitative estimate of drug-likeness (QED) is 0.854. The lowest BCUT2D eigenvalue weighted by molar-refractivity contribution is 0.469. The maximum atomic E-state index is 6.37. The maximum Gasteiger partial charge on any atom is 0.0950 e. The standard InChI is InChI=1S/C15H17NO/c16-15(12-8-9-17-10-12)14-7-3-5-11-4-1-2-6-13(11)14/h1-2,4,6,8-10,14-15H,3,5,7,16H2. The molecule has 1 aromatic heterocycles. The van der Waals surface area contributed by atoms with Gasteiger partial charge in [0.2, 0.25) is 0 Å². The Balaban J connectivity index is 1.95. The molecule has 2 unspecified atom stereocenters. The number of furan rings is 1. The number of aryl methyl sites for hydroxylation is 1. The fourth-order valence-corrected chi connectivity index (χ4v) is 2.86. The summed E-state index contributed by atoms with van der Waals surface area (Å²) in [6, 6.07) is 10.7. The van der Waals surface area contributed by atoms with Gasteiger partial charge in [-0.3, -0.25) is 0 Å². The van der Waals surface area contributed by atoms with Gasteiger partial charge in [-0.05, 0) is 36.5 Å². The van der Waals surface area contributed by atoms with Crippen molar-refractivity contribution < 1.29 is 4.42 Å². The Hall–Kier alpha value is -1.54. The predicted octanol–water partition coefficient (Wildman–Crippen LogP) is 3.40. The van der Waals surface area contributed by atoms with E-state index in [2.05, 4.69) is 24.3 Å². The van der Waals surface area contributed by atoms with E-state index in [4.69, 9.17) is 10.2 Å². The first-order valence-corrected chi connectivity index (χ1v) is 6.22. The third-order valence-corrected chi connectivity index (χ3v) is 3.78. The van der Waals surface area contributed by atoms with Gasteiger partial charge in [0.1, 0.15) is 0 Å². The van der Waals surface area contributed by atoms with Crippen LogP contribution in [0.4, 0.5) is 0 Å². The molecule has 0 saturated heterocycles. The van der Waals surface area contributed by atoms with Gasteiger partial charge in [-0.15, -0.1) is 0 Å². The highest BCUT2D eigenvalue weighted by Gasteiger charge is 2.26. The van der Waals surface area contributed by atoms with E-state index in [0.717, 1.165) is 5.56 Å². The molecule has 0 saturated carbocycles. The van der Waals surface area contributed by atoms with Crippen LogP contribution in [0.25, 0.3) is 0 Å². The molecule has 0 bridgehead atoms. The highest BCUT2D eigenvalue weighted by atomic mass is 16.3. The molecule has 0 fully saturated rings. The van der Waals surface area contributed by atoms with Gasteiger partial charge in [-0.25, -0.2) is 0 Å². The van der Waals surface area contributed by atoms with Crippen LogP contribution < -0.4 is 5.73 Å². The number of nitrogens with two attached hydrogens (primary N) is 1.